The van der Waals surface area contributed by atoms with E-state index < -0.39 is 0 Å². The minimum absolute atomic E-state index is 0.182. The van der Waals surface area contributed by atoms with Gasteiger partial charge in [0.15, 0.2) is 0 Å². The monoisotopic (exact) mass is 432 g/mol. The van der Waals surface area contributed by atoms with Crippen molar-refractivity contribution in [2.24, 2.45) is 0 Å². The molecule has 0 radical (unpaired) electrons. The van der Waals surface area contributed by atoms with Crippen LogP contribution in [-0.2, 0) is 13.1 Å². The molecule has 0 aliphatic heterocycles. The molecule has 0 aliphatic carbocycles. The number of amides is 1. The zero-order valence-corrected chi connectivity index (χ0v) is 15.9. The molecule has 0 spiro atoms. The van der Waals surface area contributed by atoms with Gasteiger partial charge in [-0.05, 0) is 51.8 Å². The van der Waals surface area contributed by atoms with Crippen molar-refractivity contribution in [3.05, 3.63) is 81.4 Å². The standard InChI is InChI=1S/C19H14BrFN2O2S/c20-15-11-26-17-8-16(19(24)22-9-14-2-1-7-25-14)23(18(15)17)10-12-3-5-13(21)6-4-12/h1-8,11H,9-10H2,(H,22,24). The average Bonchev–Trinajstić information content (AvgIpc) is 3.34. The predicted octanol–water partition coefficient (Wildman–Crippen LogP) is 5.18. The van der Waals surface area contributed by atoms with Gasteiger partial charge >= 0.3 is 0 Å². The molecule has 0 aliphatic rings. The Morgan fingerprint density at radius 1 is 1.27 bits per heavy atom. The Morgan fingerprint density at radius 3 is 2.81 bits per heavy atom. The van der Waals surface area contributed by atoms with Gasteiger partial charge in [0, 0.05) is 11.9 Å². The Kier molecular flexibility index (Phi) is 4.65. The molecule has 3 heterocycles. The Hall–Kier alpha value is -2.38. The highest BCUT2D eigenvalue weighted by molar-refractivity contribution is 9.10. The quantitative estimate of drug-likeness (QED) is 0.472. The number of benzene rings is 1. The lowest BCUT2D eigenvalue weighted by atomic mass is 10.2. The summed E-state index contributed by atoms with van der Waals surface area (Å²) in [5, 5.41) is 4.88. The van der Waals surface area contributed by atoms with Gasteiger partial charge in [0.25, 0.3) is 5.91 Å². The summed E-state index contributed by atoms with van der Waals surface area (Å²) in [6.07, 6.45) is 1.58. The van der Waals surface area contributed by atoms with Crippen LogP contribution in [0.1, 0.15) is 21.8 Å². The minimum atomic E-state index is -0.278. The van der Waals surface area contributed by atoms with Crippen LogP contribution in [0.3, 0.4) is 0 Å². The molecule has 4 rings (SSSR count). The number of aromatic nitrogens is 1. The molecule has 0 unspecified atom stereocenters. The van der Waals surface area contributed by atoms with Gasteiger partial charge in [-0.1, -0.05) is 12.1 Å². The van der Waals surface area contributed by atoms with E-state index in [2.05, 4.69) is 21.2 Å². The second-order valence-electron chi connectivity index (χ2n) is 5.80. The summed E-state index contributed by atoms with van der Waals surface area (Å²) in [5.74, 6) is 0.233. The van der Waals surface area contributed by atoms with Crippen molar-refractivity contribution in [3.63, 3.8) is 0 Å². The van der Waals surface area contributed by atoms with Gasteiger partial charge in [-0.3, -0.25) is 4.79 Å². The third-order valence-electron chi connectivity index (χ3n) is 4.07. The van der Waals surface area contributed by atoms with Crippen LogP contribution in [0.2, 0.25) is 0 Å². The molecule has 1 aromatic carbocycles. The van der Waals surface area contributed by atoms with Gasteiger partial charge in [0.05, 0.1) is 27.5 Å². The Balaban J connectivity index is 1.67. The van der Waals surface area contributed by atoms with Gasteiger partial charge in [-0.15, -0.1) is 11.3 Å². The highest BCUT2D eigenvalue weighted by Crippen LogP contribution is 2.33. The Morgan fingerprint density at radius 2 is 2.08 bits per heavy atom. The number of hydrogen-bond donors (Lipinski definition) is 1. The predicted molar refractivity (Wildman–Crippen MR) is 103 cm³/mol. The molecule has 4 aromatic rings. The van der Waals surface area contributed by atoms with Crippen LogP contribution in [0.4, 0.5) is 4.39 Å². The lowest BCUT2D eigenvalue weighted by molar-refractivity contribution is 0.0939. The van der Waals surface area contributed by atoms with Gasteiger partial charge in [-0.2, -0.15) is 0 Å². The SMILES string of the molecule is O=C(NCc1ccco1)c1cc2scc(Br)c2n1Cc1ccc(F)cc1. The molecule has 132 valence electrons. The van der Waals surface area contributed by atoms with Gasteiger partial charge in [-0.25, -0.2) is 4.39 Å². The number of carbonyl (C=O) groups is 1. The lowest BCUT2D eigenvalue weighted by Crippen LogP contribution is -2.25. The number of fused-ring (bicyclic) bond motifs is 1. The Bertz CT molecular complexity index is 1050. The molecule has 1 amide bonds. The third-order valence-corrected chi connectivity index (χ3v) is 5.89. The summed E-state index contributed by atoms with van der Waals surface area (Å²) in [6.45, 7) is 0.797. The van der Waals surface area contributed by atoms with E-state index in [9.17, 15) is 9.18 Å². The molecule has 0 saturated carbocycles. The summed E-state index contributed by atoms with van der Waals surface area (Å²) >= 11 is 5.13. The van der Waals surface area contributed by atoms with Crippen molar-refractivity contribution in [2.75, 3.05) is 0 Å². The first-order chi connectivity index (χ1) is 12.6. The van der Waals surface area contributed by atoms with Crippen LogP contribution < -0.4 is 5.32 Å². The fraction of sp³-hybridized carbons (Fsp3) is 0.105. The van der Waals surface area contributed by atoms with Crippen molar-refractivity contribution < 1.29 is 13.6 Å². The molecule has 1 N–H and O–H groups in total. The normalized spacial score (nSPS) is 11.2. The number of carbonyl (C=O) groups excluding carboxylic acids is 1. The van der Waals surface area contributed by atoms with E-state index in [4.69, 9.17) is 4.42 Å². The van der Waals surface area contributed by atoms with Crippen molar-refractivity contribution >= 4 is 43.4 Å². The smallest absolute Gasteiger partial charge is 0.268 e. The molecule has 0 bridgehead atoms. The van der Waals surface area contributed by atoms with E-state index in [0.717, 1.165) is 20.3 Å². The van der Waals surface area contributed by atoms with Crippen LogP contribution in [0.15, 0.2) is 63.0 Å². The molecule has 0 saturated heterocycles. The van der Waals surface area contributed by atoms with Crippen molar-refractivity contribution in [2.45, 2.75) is 13.1 Å². The number of nitrogens with zero attached hydrogens (tertiary/aromatic N) is 1. The second-order valence-corrected chi connectivity index (χ2v) is 7.57. The van der Waals surface area contributed by atoms with Gasteiger partial charge in [0.1, 0.15) is 17.3 Å². The Labute approximate surface area is 161 Å². The number of halogens is 2. The minimum Gasteiger partial charge on any atom is -0.467 e. The highest BCUT2D eigenvalue weighted by Gasteiger charge is 2.19. The molecule has 0 atom stereocenters. The molecular weight excluding hydrogens is 419 g/mol. The summed E-state index contributed by atoms with van der Waals surface area (Å²) < 4.78 is 22.3. The number of thiophene rings is 1. The summed E-state index contributed by atoms with van der Waals surface area (Å²) in [5.41, 5.74) is 2.44. The molecule has 4 nitrogen and oxygen atoms in total. The summed E-state index contributed by atoms with van der Waals surface area (Å²) in [7, 11) is 0. The second kappa shape index (κ2) is 7.09. The van der Waals surface area contributed by atoms with E-state index in [1.165, 1.54) is 12.1 Å². The molecule has 7 heteroatoms. The summed E-state index contributed by atoms with van der Waals surface area (Å²) in [6, 6.07) is 11.8. The number of nitrogens with one attached hydrogen (secondary N) is 1. The highest BCUT2D eigenvalue weighted by atomic mass is 79.9. The van der Waals surface area contributed by atoms with Crippen LogP contribution in [0, 0.1) is 5.82 Å². The van der Waals surface area contributed by atoms with E-state index in [1.54, 1.807) is 35.8 Å². The zero-order valence-electron chi connectivity index (χ0n) is 13.5. The molecule has 26 heavy (non-hydrogen) atoms. The van der Waals surface area contributed by atoms with Crippen LogP contribution in [0.5, 0.6) is 0 Å². The van der Waals surface area contributed by atoms with Gasteiger partial charge in [0.2, 0.25) is 0 Å². The van der Waals surface area contributed by atoms with Crippen LogP contribution >= 0.6 is 27.3 Å². The fourth-order valence-electron chi connectivity index (χ4n) is 2.83. The molecule has 3 aromatic heterocycles. The van der Waals surface area contributed by atoms with Crippen LogP contribution in [-0.4, -0.2) is 10.5 Å². The molecular formula is C19H14BrFN2O2S. The maximum atomic E-state index is 13.2. The number of hydrogen-bond acceptors (Lipinski definition) is 3. The van der Waals surface area contributed by atoms with E-state index in [-0.39, 0.29) is 11.7 Å². The van der Waals surface area contributed by atoms with E-state index in [1.807, 2.05) is 22.1 Å². The van der Waals surface area contributed by atoms with Crippen molar-refractivity contribution in [1.82, 2.24) is 9.88 Å². The first-order valence-corrected chi connectivity index (χ1v) is 9.60. The maximum absolute atomic E-state index is 13.2. The van der Waals surface area contributed by atoms with Gasteiger partial charge < -0.3 is 14.3 Å². The fourth-order valence-corrected chi connectivity index (χ4v) is 4.52. The van der Waals surface area contributed by atoms with Crippen molar-refractivity contribution in [1.29, 1.82) is 0 Å². The topological polar surface area (TPSA) is 47.2 Å². The maximum Gasteiger partial charge on any atom is 0.268 e. The van der Waals surface area contributed by atoms with E-state index >= 15 is 0 Å². The first kappa shape index (κ1) is 17.1. The number of rotatable bonds is 5. The van der Waals surface area contributed by atoms with E-state index in [0.29, 0.717) is 24.5 Å². The molecule has 0 fully saturated rings. The summed E-state index contributed by atoms with van der Waals surface area (Å²) in [4.78, 5) is 12.7. The lowest BCUT2D eigenvalue weighted by Gasteiger charge is -2.11. The third kappa shape index (κ3) is 3.32. The largest absolute Gasteiger partial charge is 0.467 e. The average molecular weight is 433 g/mol. The van der Waals surface area contributed by atoms with Crippen LogP contribution in [0.25, 0.3) is 10.2 Å². The van der Waals surface area contributed by atoms with Crippen molar-refractivity contribution in [3.8, 4) is 0 Å². The first-order valence-electron chi connectivity index (χ1n) is 7.93. The number of furan rings is 1. The zero-order chi connectivity index (χ0) is 18.1.